The van der Waals surface area contributed by atoms with Gasteiger partial charge < -0.3 is 10.8 Å². The van der Waals surface area contributed by atoms with Crippen LogP contribution in [0.5, 0.6) is 0 Å². The molecule has 0 aromatic heterocycles. The van der Waals surface area contributed by atoms with Gasteiger partial charge in [-0.3, -0.25) is 0 Å². The van der Waals surface area contributed by atoms with Crippen LogP contribution in [0.1, 0.15) is 31.0 Å². The standard InChI is InChI=1S/C12H15ClF3NO/c1-11(2,6-18)10(17)7-3-4-8(9(13)5-7)12(14,15)16/h3-5,10,18H,6,17H2,1-2H3/t10-/m1/s1. The zero-order valence-electron chi connectivity index (χ0n) is 10.1. The van der Waals surface area contributed by atoms with Crippen molar-refractivity contribution in [2.75, 3.05) is 6.61 Å². The summed E-state index contributed by atoms with van der Waals surface area (Å²) in [5, 5.41) is 8.80. The molecule has 102 valence electrons. The number of halogens is 4. The second-order valence-corrected chi connectivity index (χ2v) is 5.27. The van der Waals surface area contributed by atoms with E-state index in [1.54, 1.807) is 13.8 Å². The van der Waals surface area contributed by atoms with Gasteiger partial charge in [-0.2, -0.15) is 13.2 Å². The summed E-state index contributed by atoms with van der Waals surface area (Å²) in [6, 6.07) is 2.80. The Bertz CT molecular complexity index is 432. The third kappa shape index (κ3) is 3.16. The Labute approximate surface area is 109 Å². The highest BCUT2D eigenvalue weighted by molar-refractivity contribution is 6.31. The van der Waals surface area contributed by atoms with Crippen LogP contribution in [0, 0.1) is 5.41 Å². The van der Waals surface area contributed by atoms with Crippen molar-refractivity contribution in [3.63, 3.8) is 0 Å². The summed E-state index contributed by atoms with van der Waals surface area (Å²) in [6.45, 7) is 3.28. The number of rotatable bonds is 3. The Hall–Kier alpha value is -0.780. The summed E-state index contributed by atoms with van der Waals surface area (Å²) in [5.41, 5.74) is 4.85. The molecule has 1 atom stereocenters. The van der Waals surface area contributed by atoms with Crippen molar-refractivity contribution in [3.05, 3.63) is 34.3 Å². The molecule has 0 aliphatic rings. The molecule has 1 aromatic carbocycles. The largest absolute Gasteiger partial charge is 0.417 e. The molecule has 0 unspecified atom stereocenters. The third-order valence-electron chi connectivity index (χ3n) is 2.91. The smallest absolute Gasteiger partial charge is 0.396 e. The van der Waals surface area contributed by atoms with Crippen molar-refractivity contribution >= 4 is 11.6 Å². The highest BCUT2D eigenvalue weighted by Gasteiger charge is 2.34. The first-order valence-corrected chi connectivity index (χ1v) is 5.70. The van der Waals surface area contributed by atoms with E-state index < -0.39 is 23.2 Å². The van der Waals surface area contributed by atoms with E-state index in [0.717, 1.165) is 6.07 Å². The van der Waals surface area contributed by atoms with Gasteiger partial charge in [-0.25, -0.2) is 0 Å². The molecule has 0 aliphatic heterocycles. The summed E-state index contributed by atoms with van der Waals surface area (Å²) in [7, 11) is 0. The molecule has 0 saturated heterocycles. The van der Waals surface area contributed by atoms with Gasteiger partial charge in [0.15, 0.2) is 0 Å². The van der Waals surface area contributed by atoms with Gasteiger partial charge >= 0.3 is 6.18 Å². The molecular weight excluding hydrogens is 267 g/mol. The van der Waals surface area contributed by atoms with Gasteiger partial charge in [0.1, 0.15) is 0 Å². The molecule has 0 aliphatic carbocycles. The van der Waals surface area contributed by atoms with Crippen LogP contribution in [0.3, 0.4) is 0 Å². The molecule has 0 amide bonds. The fourth-order valence-electron chi connectivity index (χ4n) is 1.50. The van der Waals surface area contributed by atoms with Gasteiger partial charge in [-0.05, 0) is 17.7 Å². The molecule has 3 N–H and O–H groups in total. The fraction of sp³-hybridized carbons (Fsp3) is 0.500. The molecule has 0 bridgehead atoms. The van der Waals surface area contributed by atoms with Crippen LogP contribution in [0.4, 0.5) is 13.2 Å². The maximum atomic E-state index is 12.5. The summed E-state index contributed by atoms with van der Waals surface area (Å²) >= 11 is 5.61. The average Bonchev–Trinajstić information content (AvgIpc) is 2.26. The van der Waals surface area contributed by atoms with Crippen LogP contribution < -0.4 is 5.73 Å². The van der Waals surface area contributed by atoms with Gasteiger partial charge in [0.25, 0.3) is 0 Å². The lowest BCUT2D eigenvalue weighted by molar-refractivity contribution is -0.137. The number of hydrogen-bond acceptors (Lipinski definition) is 2. The minimum absolute atomic E-state index is 0.174. The van der Waals surface area contributed by atoms with Crippen LogP contribution in [0.15, 0.2) is 18.2 Å². The molecular formula is C12H15ClF3NO. The Morgan fingerprint density at radius 2 is 1.89 bits per heavy atom. The SMILES string of the molecule is CC(C)(CO)[C@H](N)c1ccc(C(F)(F)F)c(Cl)c1. The summed E-state index contributed by atoms with van der Waals surface area (Å²) in [6.07, 6.45) is -4.48. The number of aliphatic hydroxyl groups excluding tert-OH is 1. The lowest BCUT2D eigenvalue weighted by Crippen LogP contribution is -2.32. The van der Waals surface area contributed by atoms with Crippen LogP contribution in [-0.4, -0.2) is 11.7 Å². The quantitative estimate of drug-likeness (QED) is 0.892. The van der Waals surface area contributed by atoms with E-state index in [4.69, 9.17) is 17.3 Å². The summed E-state index contributed by atoms with van der Waals surface area (Å²) < 4.78 is 37.6. The molecule has 1 rings (SSSR count). The van der Waals surface area contributed by atoms with E-state index in [1.807, 2.05) is 0 Å². The molecule has 0 heterocycles. The molecule has 6 heteroatoms. The van der Waals surface area contributed by atoms with Crippen LogP contribution in [0.2, 0.25) is 5.02 Å². The Morgan fingerprint density at radius 3 is 2.28 bits per heavy atom. The zero-order chi connectivity index (χ0) is 14.1. The Kier molecular flexibility index (Phi) is 4.30. The first-order chi connectivity index (χ1) is 8.09. The monoisotopic (exact) mass is 281 g/mol. The van der Waals surface area contributed by atoms with Crippen molar-refractivity contribution < 1.29 is 18.3 Å². The lowest BCUT2D eigenvalue weighted by atomic mass is 9.81. The first kappa shape index (κ1) is 15.3. The molecule has 0 saturated carbocycles. The van der Waals surface area contributed by atoms with Crippen molar-refractivity contribution in [3.8, 4) is 0 Å². The zero-order valence-corrected chi connectivity index (χ0v) is 10.8. The second-order valence-electron chi connectivity index (χ2n) is 4.86. The number of benzene rings is 1. The predicted molar refractivity (Wildman–Crippen MR) is 64.2 cm³/mol. The van der Waals surface area contributed by atoms with E-state index in [-0.39, 0.29) is 11.6 Å². The van der Waals surface area contributed by atoms with Gasteiger partial charge in [0, 0.05) is 18.1 Å². The minimum Gasteiger partial charge on any atom is -0.396 e. The number of hydrogen-bond donors (Lipinski definition) is 2. The lowest BCUT2D eigenvalue weighted by Gasteiger charge is -2.30. The van der Waals surface area contributed by atoms with E-state index >= 15 is 0 Å². The maximum Gasteiger partial charge on any atom is 0.417 e. The molecule has 0 spiro atoms. The van der Waals surface area contributed by atoms with Crippen molar-refractivity contribution in [1.29, 1.82) is 0 Å². The molecule has 1 aromatic rings. The normalized spacial score (nSPS) is 14.7. The van der Waals surface area contributed by atoms with Crippen LogP contribution in [0.25, 0.3) is 0 Å². The Balaban J connectivity index is 3.13. The van der Waals surface area contributed by atoms with Gasteiger partial charge in [-0.15, -0.1) is 0 Å². The van der Waals surface area contributed by atoms with Crippen molar-refractivity contribution in [1.82, 2.24) is 0 Å². The predicted octanol–water partition coefficient (Wildman–Crippen LogP) is 3.38. The summed E-state index contributed by atoms with van der Waals surface area (Å²) in [5.74, 6) is 0. The highest BCUT2D eigenvalue weighted by atomic mass is 35.5. The van der Waals surface area contributed by atoms with Crippen LogP contribution in [-0.2, 0) is 6.18 Å². The fourth-order valence-corrected chi connectivity index (χ4v) is 1.80. The molecule has 0 fully saturated rings. The summed E-state index contributed by atoms with van der Waals surface area (Å²) in [4.78, 5) is 0. The number of nitrogens with two attached hydrogens (primary N) is 1. The van der Waals surface area contributed by atoms with Crippen LogP contribution >= 0.6 is 11.6 Å². The maximum absolute atomic E-state index is 12.5. The average molecular weight is 282 g/mol. The molecule has 0 radical (unpaired) electrons. The Morgan fingerprint density at radius 1 is 1.33 bits per heavy atom. The second kappa shape index (κ2) is 5.07. The first-order valence-electron chi connectivity index (χ1n) is 5.32. The van der Waals surface area contributed by atoms with Crippen molar-refractivity contribution in [2.45, 2.75) is 26.1 Å². The topological polar surface area (TPSA) is 46.2 Å². The van der Waals surface area contributed by atoms with Gasteiger partial charge in [-0.1, -0.05) is 31.5 Å². The third-order valence-corrected chi connectivity index (χ3v) is 3.22. The molecule has 18 heavy (non-hydrogen) atoms. The van der Waals surface area contributed by atoms with E-state index in [0.29, 0.717) is 5.56 Å². The number of aliphatic hydroxyl groups is 1. The van der Waals surface area contributed by atoms with E-state index in [2.05, 4.69) is 0 Å². The van der Waals surface area contributed by atoms with Gasteiger partial charge in [0.05, 0.1) is 10.6 Å². The highest BCUT2D eigenvalue weighted by Crippen LogP contribution is 2.38. The van der Waals surface area contributed by atoms with Gasteiger partial charge in [0.2, 0.25) is 0 Å². The van der Waals surface area contributed by atoms with E-state index in [9.17, 15) is 18.3 Å². The molecule has 2 nitrogen and oxygen atoms in total. The number of alkyl halides is 3. The van der Waals surface area contributed by atoms with Crippen molar-refractivity contribution in [2.24, 2.45) is 11.1 Å². The minimum atomic E-state index is -4.48. The van der Waals surface area contributed by atoms with E-state index in [1.165, 1.54) is 12.1 Å².